The van der Waals surface area contributed by atoms with Gasteiger partial charge in [0.2, 0.25) is 6.61 Å². The zero-order valence-electron chi connectivity index (χ0n) is 15.8. The molecule has 0 N–H and O–H groups in total. The van der Waals surface area contributed by atoms with Crippen molar-refractivity contribution < 1.29 is 23.5 Å². The van der Waals surface area contributed by atoms with Crippen molar-refractivity contribution in [2.24, 2.45) is 5.16 Å². The van der Waals surface area contributed by atoms with Crippen LogP contribution >= 0.6 is 11.6 Å². The van der Waals surface area contributed by atoms with Crippen LogP contribution < -0.4 is 10.4 Å². The molecule has 0 fully saturated rings. The first kappa shape index (κ1) is 20.4. The van der Waals surface area contributed by atoms with Crippen molar-refractivity contribution in [1.29, 1.82) is 0 Å². The molecule has 0 atom stereocenters. The molecule has 150 valence electrons. The van der Waals surface area contributed by atoms with Gasteiger partial charge in [0, 0.05) is 22.0 Å². The first-order chi connectivity index (χ1) is 14.0. The molecule has 0 aliphatic heterocycles. The second-order valence-electron chi connectivity index (χ2n) is 6.13. The lowest BCUT2D eigenvalue weighted by molar-refractivity contribution is -0.150. The number of halogens is 1. The van der Waals surface area contributed by atoms with E-state index in [2.05, 4.69) is 5.16 Å². The first-order valence-electron chi connectivity index (χ1n) is 8.64. The zero-order valence-corrected chi connectivity index (χ0v) is 16.6. The summed E-state index contributed by atoms with van der Waals surface area (Å²) in [6.45, 7) is 1.32. The lowest BCUT2D eigenvalue weighted by atomic mass is 10.1. The first-order valence-corrected chi connectivity index (χ1v) is 9.02. The van der Waals surface area contributed by atoms with Crippen LogP contribution in [-0.2, 0) is 21.0 Å². The average Bonchev–Trinajstić information content (AvgIpc) is 2.71. The van der Waals surface area contributed by atoms with Gasteiger partial charge in [0.15, 0.2) is 0 Å². The van der Waals surface area contributed by atoms with E-state index in [0.717, 1.165) is 16.9 Å². The van der Waals surface area contributed by atoms with Crippen molar-refractivity contribution in [2.45, 2.75) is 13.5 Å². The molecule has 0 aliphatic rings. The number of hydrogen-bond donors (Lipinski definition) is 0. The average molecular weight is 416 g/mol. The van der Waals surface area contributed by atoms with Crippen molar-refractivity contribution in [3.63, 3.8) is 0 Å². The van der Waals surface area contributed by atoms with Crippen LogP contribution in [0, 0.1) is 6.92 Å². The smallest absolute Gasteiger partial charge is 0.347 e. The quantitative estimate of drug-likeness (QED) is 0.252. The number of carbonyl (C=O) groups excluding carboxylic acids is 1. The number of methoxy groups -OCH3 is 1. The number of fused-ring (bicyclic) bond motifs is 1. The van der Waals surface area contributed by atoms with Gasteiger partial charge in [0.1, 0.15) is 17.9 Å². The highest BCUT2D eigenvalue weighted by Crippen LogP contribution is 2.25. The molecule has 0 saturated carbocycles. The molecule has 1 heterocycles. The van der Waals surface area contributed by atoms with Gasteiger partial charge >= 0.3 is 11.6 Å². The fourth-order valence-corrected chi connectivity index (χ4v) is 2.71. The van der Waals surface area contributed by atoms with E-state index in [4.69, 9.17) is 30.3 Å². The highest BCUT2D eigenvalue weighted by Gasteiger charge is 2.11. The van der Waals surface area contributed by atoms with Crippen molar-refractivity contribution >= 4 is 34.8 Å². The Hall–Kier alpha value is -3.32. The normalized spacial score (nSPS) is 11.0. The van der Waals surface area contributed by atoms with Crippen LogP contribution in [0.4, 0.5) is 0 Å². The summed E-state index contributed by atoms with van der Waals surface area (Å²) in [4.78, 5) is 28.6. The van der Waals surface area contributed by atoms with Gasteiger partial charge in [-0.25, -0.2) is 9.59 Å². The molecule has 29 heavy (non-hydrogen) atoms. The summed E-state index contributed by atoms with van der Waals surface area (Å²) < 4.78 is 15.4. The summed E-state index contributed by atoms with van der Waals surface area (Å²) in [7, 11) is 1.58. The molecular weight excluding hydrogens is 398 g/mol. The lowest BCUT2D eigenvalue weighted by Gasteiger charge is -2.08. The standard InChI is InChI=1S/C21H18ClNO6/c1-13-7-19-17(9-18(13)22)15(8-20(24)29-19)11-27-21(25)12-28-23-10-14-3-5-16(26-2)6-4-14/h3-10H,11-12H2,1-2H3/b23-10-. The fraction of sp³-hybridized carbons (Fsp3) is 0.190. The van der Waals surface area contributed by atoms with Gasteiger partial charge in [-0.3, -0.25) is 0 Å². The van der Waals surface area contributed by atoms with E-state index in [1.807, 2.05) is 0 Å². The molecule has 7 nitrogen and oxygen atoms in total. The van der Waals surface area contributed by atoms with Gasteiger partial charge in [0.05, 0.1) is 13.3 Å². The van der Waals surface area contributed by atoms with Gasteiger partial charge in [0.25, 0.3) is 0 Å². The van der Waals surface area contributed by atoms with Gasteiger partial charge in [-0.15, -0.1) is 0 Å². The number of aryl methyl sites for hydroxylation is 1. The van der Waals surface area contributed by atoms with Crippen LogP contribution in [0.5, 0.6) is 5.75 Å². The summed E-state index contributed by atoms with van der Waals surface area (Å²) in [5, 5.41) is 4.85. The maximum Gasteiger partial charge on any atom is 0.347 e. The topological polar surface area (TPSA) is 87.3 Å². The van der Waals surface area contributed by atoms with Crippen molar-refractivity contribution in [3.05, 3.63) is 74.6 Å². The molecule has 1 aromatic heterocycles. The van der Waals surface area contributed by atoms with E-state index in [1.165, 1.54) is 12.3 Å². The predicted octanol–water partition coefficient (Wildman–Crippen LogP) is 3.86. The van der Waals surface area contributed by atoms with Crippen molar-refractivity contribution in [1.82, 2.24) is 0 Å². The van der Waals surface area contributed by atoms with Crippen LogP contribution in [0.2, 0.25) is 5.02 Å². The number of rotatable bonds is 7. The van der Waals surface area contributed by atoms with E-state index >= 15 is 0 Å². The fourth-order valence-electron chi connectivity index (χ4n) is 2.55. The van der Waals surface area contributed by atoms with Gasteiger partial charge in [-0.05, 0) is 54.4 Å². The maximum absolute atomic E-state index is 11.9. The third-order valence-corrected chi connectivity index (χ3v) is 4.48. The Morgan fingerprint density at radius 1 is 1.21 bits per heavy atom. The van der Waals surface area contributed by atoms with Crippen LogP contribution in [0.25, 0.3) is 11.0 Å². The Balaban J connectivity index is 1.57. The molecule has 0 radical (unpaired) electrons. The number of carbonyl (C=O) groups is 1. The summed E-state index contributed by atoms with van der Waals surface area (Å²) in [6.07, 6.45) is 1.47. The molecule has 0 unspecified atom stereocenters. The molecule has 0 aliphatic carbocycles. The Kier molecular flexibility index (Phi) is 6.51. The molecule has 0 amide bonds. The number of nitrogens with zero attached hydrogens (tertiary/aromatic N) is 1. The van der Waals surface area contributed by atoms with E-state index in [0.29, 0.717) is 21.6 Å². The van der Waals surface area contributed by atoms with E-state index in [-0.39, 0.29) is 13.2 Å². The number of hydrogen-bond acceptors (Lipinski definition) is 7. The third kappa shape index (κ3) is 5.36. The number of ether oxygens (including phenoxy) is 2. The number of benzene rings is 2. The Bertz CT molecular complexity index is 1100. The molecule has 0 saturated heterocycles. The minimum absolute atomic E-state index is 0.119. The van der Waals surface area contributed by atoms with Crippen LogP contribution in [0.1, 0.15) is 16.7 Å². The van der Waals surface area contributed by atoms with Crippen LogP contribution in [0.15, 0.2) is 56.8 Å². The number of oxime groups is 1. The molecule has 3 rings (SSSR count). The van der Waals surface area contributed by atoms with Crippen molar-refractivity contribution in [3.8, 4) is 5.75 Å². The maximum atomic E-state index is 11.9. The lowest BCUT2D eigenvalue weighted by Crippen LogP contribution is -2.12. The van der Waals surface area contributed by atoms with E-state index in [9.17, 15) is 9.59 Å². The molecule has 3 aromatic rings. The minimum atomic E-state index is -0.628. The molecule has 8 heteroatoms. The van der Waals surface area contributed by atoms with E-state index in [1.54, 1.807) is 50.4 Å². The summed E-state index contributed by atoms with van der Waals surface area (Å²) >= 11 is 6.14. The van der Waals surface area contributed by atoms with E-state index < -0.39 is 11.6 Å². The van der Waals surface area contributed by atoms with Gasteiger partial charge < -0.3 is 18.7 Å². The highest BCUT2D eigenvalue weighted by atomic mass is 35.5. The Morgan fingerprint density at radius 3 is 2.69 bits per heavy atom. The zero-order chi connectivity index (χ0) is 20.8. The largest absolute Gasteiger partial charge is 0.497 e. The minimum Gasteiger partial charge on any atom is -0.497 e. The number of esters is 1. The molecular formula is C21H18ClNO6. The molecule has 2 aromatic carbocycles. The third-order valence-electron chi connectivity index (χ3n) is 4.07. The molecule has 0 spiro atoms. The van der Waals surface area contributed by atoms with Gasteiger partial charge in [-0.1, -0.05) is 16.8 Å². The second-order valence-corrected chi connectivity index (χ2v) is 6.54. The predicted molar refractivity (Wildman–Crippen MR) is 109 cm³/mol. The Labute approximate surface area is 171 Å². The van der Waals surface area contributed by atoms with Crippen LogP contribution in [0.3, 0.4) is 0 Å². The Morgan fingerprint density at radius 2 is 1.97 bits per heavy atom. The van der Waals surface area contributed by atoms with Gasteiger partial charge in [-0.2, -0.15) is 0 Å². The van der Waals surface area contributed by atoms with Crippen LogP contribution in [-0.4, -0.2) is 25.9 Å². The summed E-state index contributed by atoms with van der Waals surface area (Å²) in [6, 6.07) is 11.8. The highest BCUT2D eigenvalue weighted by molar-refractivity contribution is 6.32. The summed E-state index contributed by atoms with van der Waals surface area (Å²) in [5.74, 6) is 0.0991. The summed E-state index contributed by atoms with van der Waals surface area (Å²) in [5.41, 5.74) is 1.90. The monoisotopic (exact) mass is 415 g/mol. The van der Waals surface area contributed by atoms with Crippen molar-refractivity contribution in [2.75, 3.05) is 13.7 Å². The second kappa shape index (κ2) is 9.25. The SMILES string of the molecule is COc1ccc(/C=N\OCC(=O)OCc2cc(=O)oc3cc(C)c(Cl)cc23)cc1. The molecule has 0 bridgehead atoms.